The van der Waals surface area contributed by atoms with Gasteiger partial charge < -0.3 is 31.0 Å². The molecule has 2 unspecified atom stereocenters. The summed E-state index contributed by atoms with van der Waals surface area (Å²) in [5.74, 6) is -1.53. The van der Waals surface area contributed by atoms with Crippen LogP contribution in [0, 0.1) is 11.2 Å². The molecule has 32 heavy (non-hydrogen) atoms. The van der Waals surface area contributed by atoms with E-state index < -0.39 is 29.8 Å². The number of nitrogens with two attached hydrogens (primary N) is 2. The normalized spacial score (nSPS) is 12.5. The molecule has 0 spiro atoms. The minimum atomic E-state index is -1.18. The van der Waals surface area contributed by atoms with Gasteiger partial charge in [0.05, 0.1) is 7.11 Å². The lowest BCUT2D eigenvalue weighted by Crippen LogP contribution is -2.33. The Hall–Kier alpha value is -3.66. The van der Waals surface area contributed by atoms with Gasteiger partial charge in [0, 0.05) is 35.9 Å². The molecule has 0 aliphatic heterocycles. The van der Waals surface area contributed by atoms with Crippen molar-refractivity contribution in [2.45, 2.75) is 32.6 Å². The maximum absolute atomic E-state index is 14.5. The highest BCUT2D eigenvalue weighted by atomic mass is 19.1. The van der Waals surface area contributed by atoms with Crippen LogP contribution in [0.3, 0.4) is 0 Å². The molecular weight excluding hydrogens is 419 g/mol. The predicted molar refractivity (Wildman–Crippen MR) is 116 cm³/mol. The predicted octanol–water partition coefficient (Wildman–Crippen LogP) is 1.76. The van der Waals surface area contributed by atoms with Crippen molar-refractivity contribution >= 4 is 17.6 Å². The van der Waals surface area contributed by atoms with Crippen molar-refractivity contribution in [1.82, 2.24) is 5.32 Å². The molecule has 2 amide bonds. The molecule has 10 heteroatoms. The number of methoxy groups -OCH3 is 1. The van der Waals surface area contributed by atoms with Gasteiger partial charge in [0.15, 0.2) is 12.2 Å². The summed E-state index contributed by atoms with van der Waals surface area (Å²) >= 11 is 0. The maximum atomic E-state index is 14.5. The zero-order chi connectivity index (χ0) is 23.8. The molecule has 0 bridgehead atoms. The molecule has 9 nitrogen and oxygen atoms in total. The second-order valence-corrected chi connectivity index (χ2v) is 6.84. The summed E-state index contributed by atoms with van der Waals surface area (Å²) in [7, 11) is 1.41. The first-order chi connectivity index (χ1) is 15.2. The molecule has 2 atom stereocenters. The largest absolute Gasteiger partial charge is 0.497 e. The molecule has 0 aliphatic rings. The van der Waals surface area contributed by atoms with Crippen LogP contribution in [0.1, 0.15) is 36.6 Å². The molecule has 172 valence electrons. The number of rotatable bonds is 11. The fourth-order valence-electron chi connectivity index (χ4n) is 2.82. The molecule has 2 rings (SSSR count). The van der Waals surface area contributed by atoms with Crippen molar-refractivity contribution in [3.63, 3.8) is 0 Å². The van der Waals surface area contributed by atoms with E-state index in [2.05, 4.69) is 5.32 Å². The number of amidine groups is 1. The number of nitrogens with one attached hydrogen (secondary N) is 2. The lowest BCUT2D eigenvalue weighted by molar-refractivity contribution is -0.133. The summed E-state index contributed by atoms with van der Waals surface area (Å²) < 4.78 is 30.6. The van der Waals surface area contributed by atoms with Crippen molar-refractivity contribution in [3.05, 3.63) is 58.9 Å². The molecule has 0 radical (unpaired) electrons. The lowest BCUT2D eigenvalue weighted by atomic mass is 10.1. The minimum absolute atomic E-state index is 0.0147. The average molecular weight is 446 g/mol. The Bertz CT molecular complexity index is 998. The fraction of sp³-hybridized carbons (Fsp3) is 0.318. The van der Waals surface area contributed by atoms with E-state index in [4.69, 9.17) is 31.1 Å². The van der Waals surface area contributed by atoms with E-state index in [1.165, 1.54) is 38.3 Å². The van der Waals surface area contributed by atoms with E-state index in [1.54, 1.807) is 19.1 Å². The SMILES string of the molecule is CCOC(C(=O)NCc1ccc(C(=N)N)cc1OC(C)C(N)=O)c1ccc(OC)cc1F. The summed E-state index contributed by atoms with van der Waals surface area (Å²) in [6.07, 6.45) is -2.13. The number of primary amides is 1. The van der Waals surface area contributed by atoms with Gasteiger partial charge in [0.25, 0.3) is 11.8 Å². The first-order valence-corrected chi connectivity index (χ1v) is 9.83. The molecule has 0 aromatic heterocycles. The Balaban J connectivity index is 2.25. The van der Waals surface area contributed by atoms with Crippen molar-refractivity contribution in [1.29, 1.82) is 5.41 Å². The Labute approximate surface area is 185 Å². The van der Waals surface area contributed by atoms with Gasteiger partial charge in [-0.3, -0.25) is 15.0 Å². The van der Waals surface area contributed by atoms with Crippen LogP contribution in [0.15, 0.2) is 36.4 Å². The number of hydrogen-bond donors (Lipinski definition) is 4. The zero-order valence-electron chi connectivity index (χ0n) is 18.1. The molecule has 0 saturated heterocycles. The Morgan fingerprint density at radius 2 is 1.91 bits per heavy atom. The highest BCUT2D eigenvalue weighted by Crippen LogP contribution is 2.26. The highest BCUT2D eigenvalue weighted by molar-refractivity contribution is 5.95. The second-order valence-electron chi connectivity index (χ2n) is 6.84. The number of ether oxygens (including phenoxy) is 3. The maximum Gasteiger partial charge on any atom is 0.258 e. The van der Waals surface area contributed by atoms with Crippen LogP contribution in [0.2, 0.25) is 0 Å². The number of halogens is 1. The van der Waals surface area contributed by atoms with Gasteiger partial charge in [-0.05, 0) is 32.0 Å². The zero-order valence-corrected chi connectivity index (χ0v) is 18.1. The van der Waals surface area contributed by atoms with Gasteiger partial charge in [-0.2, -0.15) is 0 Å². The first kappa shape index (κ1) is 24.6. The van der Waals surface area contributed by atoms with Crippen LogP contribution in [-0.4, -0.2) is 37.5 Å². The quantitative estimate of drug-likeness (QED) is 0.305. The third kappa shape index (κ3) is 6.17. The molecule has 6 N–H and O–H groups in total. The van der Waals surface area contributed by atoms with Gasteiger partial charge in [-0.1, -0.05) is 12.1 Å². The number of carbonyl (C=O) groups is 2. The van der Waals surface area contributed by atoms with Gasteiger partial charge >= 0.3 is 0 Å². The number of hydrogen-bond acceptors (Lipinski definition) is 6. The fourth-order valence-corrected chi connectivity index (χ4v) is 2.82. The van der Waals surface area contributed by atoms with E-state index in [-0.39, 0.29) is 30.3 Å². The van der Waals surface area contributed by atoms with Gasteiger partial charge in [-0.15, -0.1) is 0 Å². The number of carbonyl (C=O) groups excluding carboxylic acids is 2. The smallest absolute Gasteiger partial charge is 0.258 e. The van der Waals surface area contributed by atoms with Crippen molar-refractivity contribution < 1.29 is 28.2 Å². The lowest BCUT2D eigenvalue weighted by Gasteiger charge is -2.20. The van der Waals surface area contributed by atoms with Crippen molar-refractivity contribution in [3.8, 4) is 11.5 Å². The molecule has 2 aromatic rings. The molecule has 0 fully saturated rings. The van der Waals surface area contributed by atoms with E-state index in [0.29, 0.717) is 16.9 Å². The van der Waals surface area contributed by atoms with Crippen molar-refractivity contribution in [2.24, 2.45) is 11.5 Å². The van der Waals surface area contributed by atoms with Crippen molar-refractivity contribution in [2.75, 3.05) is 13.7 Å². The van der Waals surface area contributed by atoms with E-state index >= 15 is 0 Å². The van der Waals surface area contributed by atoms with Gasteiger partial charge in [0.1, 0.15) is 23.2 Å². The monoisotopic (exact) mass is 446 g/mol. The van der Waals surface area contributed by atoms with E-state index in [1.807, 2.05) is 0 Å². The molecular formula is C22H27FN4O5. The molecule has 0 aliphatic carbocycles. The average Bonchev–Trinajstić information content (AvgIpc) is 2.76. The van der Waals surface area contributed by atoms with Crippen LogP contribution in [0.4, 0.5) is 4.39 Å². The van der Waals surface area contributed by atoms with E-state index in [9.17, 15) is 14.0 Å². The molecule has 0 heterocycles. The van der Waals surface area contributed by atoms with Crippen LogP contribution in [-0.2, 0) is 20.9 Å². The number of nitrogen functional groups attached to an aromatic ring is 1. The van der Waals surface area contributed by atoms with E-state index in [0.717, 1.165) is 0 Å². The standard InChI is InChI=1S/C22H27FN4O5/c1-4-31-19(16-8-7-15(30-3)10-17(16)23)22(29)27-11-14-6-5-13(20(24)25)9-18(14)32-12(2)21(26)28/h5-10,12,19H,4,11H2,1-3H3,(H3,24,25)(H2,26,28)(H,27,29). The summed E-state index contributed by atoms with van der Waals surface area (Å²) in [6, 6.07) is 8.80. The van der Waals surface area contributed by atoms with Gasteiger partial charge in [0.2, 0.25) is 0 Å². The third-order valence-corrected chi connectivity index (χ3v) is 4.60. The number of benzene rings is 2. The summed E-state index contributed by atoms with van der Waals surface area (Å²) in [5, 5.41) is 10.3. The topological polar surface area (TPSA) is 150 Å². The van der Waals surface area contributed by atoms with Crippen LogP contribution >= 0.6 is 0 Å². The number of amides is 2. The van der Waals surface area contributed by atoms with Crippen LogP contribution in [0.25, 0.3) is 0 Å². The third-order valence-electron chi connectivity index (χ3n) is 4.60. The molecule has 0 saturated carbocycles. The second kappa shape index (κ2) is 11.1. The van der Waals surface area contributed by atoms with Gasteiger partial charge in [-0.25, -0.2) is 4.39 Å². The van der Waals surface area contributed by atoms with Crippen LogP contribution < -0.4 is 26.3 Å². The first-order valence-electron chi connectivity index (χ1n) is 9.83. The summed E-state index contributed by atoms with van der Waals surface area (Å²) in [4.78, 5) is 24.2. The Morgan fingerprint density at radius 1 is 1.19 bits per heavy atom. The van der Waals surface area contributed by atoms with Crippen LogP contribution in [0.5, 0.6) is 11.5 Å². The Morgan fingerprint density at radius 3 is 2.47 bits per heavy atom. The minimum Gasteiger partial charge on any atom is -0.497 e. The highest BCUT2D eigenvalue weighted by Gasteiger charge is 2.25. The molecule has 2 aromatic carbocycles. The summed E-state index contributed by atoms with van der Waals surface area (Å²) in [6.45, 7) is 3.34. The Kier molecular flexibility index (Phi) is 8.54. The summed E-state index contributed by atoms with van der Waals surface area (Å²) in [5.41, 5.74) is 11.7.